The maximum atomic E-state index is 12.4. The summed E-state index contributed by atoms with van der Waals surface area (Å²) in [6, 6.07) is 14.2. The minimum absolute atomic E-state index is 0.0519. The highest BCUT2D eigenvalue weighted by Crippen LogP contribution is 2.29. The molecular weight excluding hydrogens is 350 g/mol. The van der Waals surface area contributed by atoms with Crippen LogP contribution in [-0.4, -0.2) is 48.6 Å². The summed E-state index contributed by atoms with van der Waals surface area (Å²) in [5.41, 5.74) is 1.98. The number of aromatic nitrogens is 1. The lowest BCUT2D eigenvalue weighted by Gasteiger charge is -2.16. The van der Waals surface area contributed by atoms with E-state index < -0.39 is 0 Å². The minimum atomic E-state index is -0.0519. The predicted octanol–water partition coefficient (Wildman–Crippen LogP) is 3.16. The summed E-state index contributed by atoms with van der Waals surface area (Å²) in [5.74, 6) is 1.77. The molecular formula is C23H29N3O2. The number of carbonyl (C=O) groups is 1. The van der Waals surface area contributed by atoms with E-state index in [1.54, 1.807) is 18.3 Å². The standard InChI is InChI=1S/C23H29N3O2/c27-23(21-8-9-22(24-15-21)28-17-19-6-7-19)25-14-20-11-13-26(16-20)12-10-18-4-2-1-3-5-18/h1-5,8-9,15,19-20H,6-7,10-14,16-17H2,(H,25,27). The average Bonchev–Trinajstić information content (AvgIpc) is 3.47. The van der Waals surface area contributed by atoms with Gasteiger partial charge in [-0.2, -0.15) is 0 Å². The smallest absolute Gasteiger partial charge is 0.252 e. The van der Waals surface area contributed by atoms with Crippen LogP contribution in [-0.2, 0) is 6.42 Å². The van der Waals surface area contributed by atoms with Crippen LogP contribution in [0.2, 0.25) is 0 Å². The molecule has 1 aliphatic carbocycles. The van der Waals surface area contributed by atoms with E-state index in [4.69, 9.17) is 4.74 Å². The van der Waals surface area contributed by atoms with Crippen molar-refractivity contribution < 1.29 is 9.53 Å². The summed E-state index contributed by atoms with van der Waals surface area (Å²) < 4.78 is 5.62. The zero-order valence-corrected chi connectivity index (χ0v) is 16.3. The lowest BCUT2D eigenvalue weighted by Crippen LogP contribution is -2.31. The molecule has 1 aliphatic heterocycles. The van der Waals surface area contributed by atoms with Crippen LogP contribution in [0.15, 0.2) is 48.7 Å². The van der Waals surface area contributed by atoms with Crippen molar-refractivity contribution in [2.75, 3.05) is 32.8 Å². The van der Waals surface area contributed by atoms with Crippen LogP contribution in [0.1, 0.15) is 35.2 Å². The molecule has 5 heteroatoms. The Labute approximate surface area is 167 Å². The Morgan fingerprint density at radius 1 is 1.11 bits per heavy atom. The number of rotatable bonds is 9. The van der Waals surface area contributed by atoms with Gasteiger partial charge in [0, 0.05) is 31.9 Å². The van der Waals surface area contributed by atoms with Crippen LogP contribution in [0.25, 0.3) is 0 Å². The molecule has 1 unspecified atom stereocenters. The van der Waals surface area contributed by atoms with Gasteiger partial charge in [-0.05, 0) is 55.7 Å². The summed E-state index contributed by atoms with van der Waals surface area (Å²) in [4.78, 5) is 19.1. The number of likely N-dealkylation sites (tertiary alicyclic amines) is 1. The van der Waals surface area contributed by atoms with Crippen LogP contribution in [0.5, 0.6) is 5.88 Å². The summed E-state index contributed by atoms with van der Waals surface area (Å²) in [7, 11) is 0. The van der Waals surface area contributed by atoms with Crippen LogP contribution in [0, 0.1) is 11.8 Å². The topological polar surface area (TPSA) is 54.5 Å². The van der Waals surface area contributed by atoms with Gasteiger partial charge in [0.2, 0.25) is 5.88 Å². The molecule has 1 aromatic carbocycles. The Bertz CT molecular complexity index is 759. The molecule has 0 bridgehead atoms. The van der Waals surface area contributed by atoms with Crippen LogP contribution in [0.4, 0.5) is 0 Å². The lowest BCUT2D eigenvalue weighted by molar-refractivity contribution is 0.0947. The summed E-state index contributed by atoms with van der Waals surface area (Å²) in [5, 5.41) is 3.07. The third-order valence-electron chi connectivity index (χ3n) is 5.64. The molecule has 28 heavy (non-hydrogen) atoms. The van der Waals surface area contributed by atoms with Crippen molar-refractivity contribution in [2.24, 2.45) is 11.8 Å². The average molecular weight is 380 g/mol. The highest BCUT2D eigenvalue weighted by molar-refractivity contribution is 5.93. The van der Waals surface area contributed by atoms with Crippen molar-refractivity contribution in [3.05, 3.63) is 59.8 Å². The normalized spacial score (nSPS) is 19.5. The number of amides is 1. The van der Waals surface area contributed by atoms with Crippen molar-refractivity contribution in [3.63, 3.8) is 0 Å². The number of nitrogens with one attached hydrogen (secondary N) is 1. The van der Waals surface area contributed by atoms with Crippen LogP contribution in [0.3, 0.4) is 0 Å². The highest BCUT2D eigenvalue weighted by Gasteiger charge is 2.23. The number of ether oxygens (including phenoxy) is 1. The van der Waals surface area contributed by atoms with E-state index >= 15 is 0 Å². The fraction of sp³-hybridized carbons (Fsp3) is 0.478. The molecule has 1 saturated carbocycles. The van der Waals surface area contributed by atoms with Crippen molar-refractivity contribution in [2.45, 2.75) is 25.7 Å². The molecule has 0 spiro atoms. The molecule has 1 N–H and O–H groups in total. The van der Waals surface area contributed by atoms with Crippen molar-refractivity contribution in [1.29, 1.82) is 0 Å². The first kappa shape index (κ1) is 18.9. The van der Waals surface area contributed by atoms with Gasteiger partial charge in [0.05, 0.1) is 12.2 Å². The molecule has 2 aromatic rings. The van der Waals surface area contributed by atoms with E-state index in [-0.39, 0.29) is 5.91 Å². The zero-order valence-electron chi connectivity index (χ0n) is 16.3. The van der Waals surface area contributed by atoms with E-state index in [9.17, 15) is 4.79 Å². The third-order valence-corrected chi connectivity index (χ3v) is 5.64. The molecule has 2 heterocycles. The van der Waals surface area contributed by atoms with Gasteiger partial charge in [-0.1, -0.05) is 30.3 Å². The molecule has 0 radical (unpaired) electrons. The second-order valence-corrected chi connectivity index (χ2v) is 8.04. The Morgan fingerprint density at radius 3 is 2.71 bits per heavy atom. The molecule has 4 rings (SSSR count). The maximum Gasteiger partial charge on any atom is 0.252 e. The number of hydrogen-bond donors (Lipinski definition) is 1. The highest BCUT2D eigenvalue weighted by atomic mass is 16.5. The largest absolute Gasteiger partial charge is 0.477 e. The second kappa shape index (κ2) is 9.20. The second-order valence-electron chi connectivity index (χ2n) is 8.04. The van der Waals surface area contributed by atoms with E-state index in [1.165, 1.54) is 18.4 Å². The molecule has 1 aromatic heterocycles. The first-order chi connectivity index (χ1) is 13.8. The van der Waals surface area contributed by atoms with Crippen LogP contribution < -0.4 is 10.1 Å². The van der Waals surface area contributed by atoms with Gasteiger partial charge in [0.1, 0.15) is 0 Å². The van der Waals surface area contributed by atoms with Crippen molar-refractivity contribution in [1.82, 2.24) is 15.2 Å². The number of benzene rings is 1. The molecule has 1 saturated heterocycles. The first-order valence-electron chi connectivity index (χ1n) is 10.4. The van der Waals surface area contributed by atoms with Gasteiger partial charge in [0.15, 0.2) is 0 Å². The number of hydrogen-bond acceptors (Lipinski definition) is 4. The Kier molecular flexibility index (Phi) is 6.22. The lowest BCUT2D eigenvalue weighted by atomic mass is 10.1. The molecule has 1 amide bonds. The Hall–Kier alpha value is -2.40. The first-order valence-corrected chi connectivity index (χ1v) is 10.4. The van der Waals surface area contributed by atoms with Gasteiger partial charge < -0.3 is 15.0 Å². The molecule has 1 atom stereocenters. The zero-order chi connectivity index (χ0) is 19.2. The molecule has 2 fully saturated rings. The monoisotopic (exact) mass is 379 g/mol. The summed E-state index contributed by atoms with van der Waals surface area (Å²) in [6.45, 7) is 4.71. The predicted molar refractivity (Wildman–Crippen MR) is 109 cm³/mol. The van der Waals surface area contributed by atoms with E-state index in [1.807, 2.05) is 0 Å². The number of pyridine rings is 1. The van der Waals surface area contributed by atoms with E-state index in [0.29, 0.717) is 23.3 Å². The van der Waals surface area contributed by atoms with Gasteiger partial charge >= 0.3 is 0 Å². The molecule has 2 aliphatic rings. The quantitative estimate of drug-likeness (QED) is 0.727. The number of nitrogens with zero attached hydrogens (tertiary/aromatic N) is 2. The molecule has 5 nitrogen and oxygen atoms in total. The van der Waals surface area contributed by atoms with Crippen molar-refractivity contribution in [3.8, 4) is 5.88 Å². The SMILES string of the molecule is O=C(NCC1CCN(CCc2ccccc2)C1)c1ccc(OCC2CC2)nc1. The van der Waals surface area contributed by atoms with Crippen molar-refractivity contribution >= 4 is 5.91 Å². The summed E-state index contributed by atoms with van der Waals surface area (Å²) >= 11 is 0. The fourth-order valence-electron chi connectivity index (χ4n) is 3.64. The van der Waals surface area contributed by atoms with Gasteiger partial charge in [0.25, 0.3) is 5.91 Å². The minimum Gasteiger partial charge on any atom is -0.477 e. The number of carbonyl (C=O) groups excluding carboxylic acids is 1. The van der Waals surface area contributed by atoms with Gasteiger partial charge in [-0.25, -0.2) is 4.98 Å². The Morgan fingerprint density at radius 2 is 1.96 bits per heavy atom. The summed E-state index contributed by atoms with van der Waals surface area (Å²) in [6.07, 6.45) is 6.34. The Balaban J connectivity index is 1.16. The van der Waals surface area contributed by atoms with Gasteiger partial charge in [-0.3, -0.25) is 4.79 Å². The fourth-order valence-corrected chi connectivity index (χ4v) is 3.64. The van der Waals surface area contributed by atoms with E-state index in [2.05, 4.69) is 45.5 Å². The third kappa shape index (κ3) is 5.55. The van der Waals surface area contributed by atoms with Gasteiger partial charge in [-0.15, -0.1) is 0 Å². The maximum absolute atomic E-state index is 12.4. The van der Waals surface area contributed by atoms with E-state index in [0.717, 1.165) is 45.6 Å². The molecule has 148 valence electrons. The van der Waals surface area contributed by atoms with Crippen LogP contribution >= 0.6 is 0 Å².